The molecule has 0 aromatic rings. The van der Waals surface area contributed by atoms with Gasteiger partial charge in [-0.15, -0.1) is 0 Å². The Labute approximate surface area is 78.8 Å². The van der Waals surface area contributed by atoms with Crippen molar-refractivity contribution >= 4 is 5.97 Å². The first-order valence-corrected chi connectivity index (χ1v) is 5.18. The molecule has 0 radical (unpaired) electrons. The van der Waals surface area contributed by atoms with Gasteiger partial charge in [-0.2, -0.15) is 5.48 Å². The minimum atomic E-state index is -0.0445. The summed E-state index contributed by atoms with van der Waals surface area (Å²) in [6.45, 7) is 0. The smallest absolute Gasteiger partial charge is 0.328 e. The number of hydroxylamine groups is 1. The van der Waals surface area contributed by atoms with E-state index in [2.05, 4.69) is 5.48 Å². The highest BCUT2D eigenvalue weighted by Gasteiger charge is 2.40. The number of rotatable bonds is 2. The summed E-state index contributed by atoms with van der Waals surface area (Å²) in [6, 6.07) is 0. The van der Waals surface area contributed by atoms with Gasteiger partial charge in [-0.25, -0.2) is 0 Å². The van der Waals surface area contributed by atoms with E-state index in [1.165, 1.54) is 25.7 Å². The van der Waals surface area contributed by atoms with Gasteiger partial charge >= 0.3 is 5.97 Å². The lowest BCUT2D eigenvalue weighted by atomic mass is 9.65. The van der Waals surface area contributed by atoms with Gasteiger partial charge in [0.2, 0.25) is 0 Å². The molecule has 3 rings (SSSR count). The first-order chi connectivity index (χ1) is 6.31. The zero-order chi connectivity index (χ0) is 9.26. The number of nitrogens with one attached hydrogen (secondary N) is 1. The minimum absolute atomic E-state index is 0.0445. The lowest BCUT2D eigenvalue weighted by molar-refractivity contribution is -0.161. The van der Waals surface area contributed by atoms with Crippen molar-refractivity contribution < 1.29 is 9.63 Å². The average molecular weight is 183 g/mol. The summed E-state index contributed by atoms with van der Waals surface area (Å²) in [4.78, 5) is 16.3. The average Bonchev–Trinajstić information content (AvgIpc) is 2.20. The monoisotopic (exact) mass is 183 g/mol. The third-order valence-corrected chi connectivity index (χ3v) is 3.55. The van der Waals surface area contributed by atoms with Crippen LogP contribution in [-0.4, -0.2) is 13.0 Å². The molecule has 1 N–H and O–H groups in total. The number of hydrogen-bond donors (Lipinski definition) is 1. The van der Waals surface area contributed by atoms with Crippen LogP contribution in [0.4, 0.5) is 0 Å². The Morgan fingerprint density at radius 1 is 1.31 bits per heavy atom. The molecule has 13 heavy (non-hydrogen) atoms. The van der Waals surface area contributed by atoms with E-state index in [1.807, 2.05) is 0 Å². The zero-order valence-electron chi connectivity index (χ0n) is 8.08. The lowest BCUT2D eigenvalue weighted by Crippen LogP contribution is -2.38. The predicted octanol–water partition coefficient (Wildman–Crippen LogP) is 1.49. The second kappa shape index (κ2) is 3.66. The van der Waals surface area contributed by atoms with E-state index in [0.29, 0.717) is 5.92 Å². The molecule has 1 atom stereocenters. The van der Waals surface area contributed by atoms with E-state index in [-0.39, 0.29) is 11.9 Å². The highest BCUT2D eigenvalue weighted by molar-refractivity contribution is 5.72. The molecule has 3 heteroatoms. The molecular formula is C10H17NO2. The van der Waals surface area contributed by atoms with E-state index in [4.69, 9.17) is 4.84 Å². The van der Waals surface area contributed by atoms with Crippen LogP contribution in [0.15, 0.2) is 0 Å². The SMILES string of the molecule is CNOC(=O)C1CC2CCC1CC2. The highest BCUT2D eigenvalue weighted by Crippen LogP contribution is 2.45. The molecule has 3 aliphatic rings. The van der Waals surface area contributed by atoms with E-state index in [9.17, 15) is 4.79 Å². The van der Waals surface area contributed by atoms with Gasteiger partial charge in [0.25, 0.3) is 0 Å². The van der Waals surface area contributed by atoms with Crippen molar-refractivity contribution in [2.24, 2.45) is 17.8 Å². The van der Waals surface area contributed by atoms with E-state index in [1.54, 1.807) is 7.05 Å². The molecule has 0 aromatic carbocycles. The Kier molecular flexibility index (Phi) is 2.54. The fourth-order valence-corrected chi connectivity index (χ4v) is 2.84. The second-order valence-corrected chi connectivity index (χ2v) is 4.25. The Bertz CT molecular complexity index is 197. The van der Waals surface area contributed by atoms with Crippen molar-refractivity contribution in [1.82, 2.24) is 5.48 Å². The van der Waals surface area contributed by atoms with Gasteiger partial charge in [-0.1, -0.05) is 12.8 Å². The molecule has 3 fully saturated rings. The van der Waals surface area contributed by atoms with Gasteiger partial charge in [0, 0.05) is 7.05 Å². The molecular weight excluding hydrogens is 166 g/mol. The van der Waals surface area contributed by atoms with Crippen LogP contribution in [0.3, 0.4) is 0 Å². The Morgan fingerprint density at radius 2 is 2.00 bits per heavy atom. The summed E-state index contributed by atoms with van der Waals surface area (Å²) >= 11 is 0. The summed E-state index contributed by atoms with van der Waals surface area (Å²) in [5.74, 6) is 1.53. The van der Waals surface area contributed by atoms with Crippen LogP contribution >= 0.6 is 0 Å². The molecule has 0 amide bonds. The van der Waals surface area contributed by atoms with Gasteiger partial charge in [-0.05, 0) is 31.1 Å². The summed E-state index contributed by atoms with van der Waals surface area (Å²) < 4.78 is 0. The van der Waals surface area contributed by atoms with Gasteiger partial charge in [0.15, 0.2) is 0 Å². The maximum atomic E-state index is 11.5. The lowest BCUT2D eigenvalue weighted by Gasteiger charge is -2.40. The van der Waals surface area contributed by atoms with Gasteiger partial charge < -0.3 is 4.84 Å². The molecule has 3 aliphatic carbocycles. The summed E-state index contributed by atoms with van der Waals surface area (Å²) in [5.41, 5.74) is 2.47. The normalized spacial score (nSPS) is 37.5. The fraction of sp³-hybridized carbons (Fsp3) is 0.900. The van der Waals surface area contributed by atoms with Crippen molar-refractivity contribution in [3.05, 3.63) is 0 Å². The quantitative estimate of drug-likeness (QED) is 0.659. The Balaban J connectivity index is 1.96. The summed E-state index contributed by atoms with van der Waals surface area (Å²) in [5, 5.41) is 0. The zero-order valence-corrected chi connectivity index (χ0v) is 8.08. The Morgan fingerprint density at radius 3 is 2.46 bits per heavy atom. The number of carbonyl (C=O) groups is 1. The molecule has 0 saturated heterocycles. The standard InChI is InChI=1S/C10H17NO2/c1-11-13-10(12)9-6-7-2-4-8(9)5-3-7/h7-9,11H,2-6H2,1H3. The van der Waals surface area contributed by atoms with Crippen molar-refractivity contribution in [3.8, 4) is 0 Å². The van der Waals surface area contributed by atoms with Crippen molar-refractivity contribution in [1.29, 1.82) is 0 Å². The van der Waals surface area contributed by atoms with E-state index in [0.717, 1.165) is 12.3 Å². The van der Waals surface area contributed by atoms with Crippen molar-refractivity contribution in [2.75, 3.05) is 7.05 Å². The van der Waals surface area contributed by atoms with Crippen LogP contribution in [0.25, 0.3) is 0 Å². The summed E-state index contributed by atoms with van der Waals surface area (Å²) in [7, 11) is 1.64. The van der Waals surface area contributed by atoms with Crippen LogP contribution in [0.2, 0.25) is 0 Å². The maximum Gasteiger partial charge on any atom is 0.328 e. The molecule has 3 nitrogen and oxygen atoms in total. The van der Waals surface area contributed by atoms with Crippen LogP contribution in [0.1, 0.15) is 32.1 Å². The highest BCUT2D eigenvalue weighted by atomic mass is 16.7. The fourth-order valence-electron chi connectivity index (χ4n) is 2.84. The first kappa shape index (κ1) is 9.00. The number of fused-ring (bicyclic) bond motifs is 3. The van der Waals surface area contributed by atoms with E-state index < -0.39 is 0 Å². The van der Waals surface area contributed by atoms with Crippen LogP contribution in [-0.2, 0) is 9.63 Å². The molecule has 0 heterocycles. The molecule has 74 valence electrons. The van der Waals surface area contributed by atoms with Gasteiger partial charge in [0.1, 0.15) is 0 Å². The second-order valence-electron chi connectivity index (χ2n) is 4.25. The molecule has 3 saturated carbocycles. The number of hydrogen-bond acceptors (Lipinski definition) is 3. The third-order valence-electron chi connectivity index (χ3n) is 3.55. The van der Waals surface area contributed by atoms with Crippen LogP contribution < -0.4 is 5.48 Å². The largest absolute Gasteiger partial charge is 0.371 e. The molecule has 0 aliphatic heterocycles. The van der Waals surface area contributed by atoms with Crippen LogP contribution in [0.5, 0.6) is 0 Å². The molecule has 1 unspecified atom stereocenters. The van der Waals surface area contributed by atoms with Crippen molar-refractivity contribution in [3.63, 3.8) is 0 Å². The minimum Gasteiger partial charge on any atom is -0.371 e. The molecule has 2 bridgehead atoms. The van der Waals surface area contributed by atoms with E-state index >= 15 is 0 Å². The van der Waals surface area contributed by atoms with Crippen LogP contribution in [0, 0.1) is 17.8 Å². The third kappa shape index (κ3) is 1.70. The predicted molar refractivity (Wildman–Crippen MR) is 48.7 cm³/mol. The maximum absolute atomic E-state index is 11.5. The van der Waals surface area contributed by atoms with Gasteiger partial charge in [-0.3, -0.25) is 4.79 Å². The van der Waals surface area contributed by atoms with Gasteiger partial charge in [0.05, 0.1) is 5.92 Å². The summed E-state index contributed by atoms with van der Waals surface area (Å²) in [6.07, 6.45) is 6.18. The number of carbonyl (C=O) groups excluding carboxylic acids is 1. The topological polar surface area (TPSA) is 38.3 Å². The Hall–Kier alpha value is -0.570. The molecule has 0 aromatic heterocycles. The first-order valence-electron chi connectivity index (χ1n) is 5.18. The van der Waals surface area contributed by atoms with Crippen molar-refractivity contribution in [2.45, 2.75) is 32.1 Å². The molecule has 0 spiro atoms.